The summed E-state index contributed by atoms with van der Waals surface area (Å²) in [5.41, 5.74) is 2.67. The molecule has 1 amide bonds. The van der Waals surface area contributed by atoms with E-state index in [1.54, 1.807) is 23.6 Å². The Balaban J connectivity index is 1.97. The highest BCUT2D eigenvalue weighted by Crippen LogP contribution is 2.43. The zero-order chi connectivity index (χ0) is 19.5. The van der Waals surface area contributed by atoms with Gasteiger partial charge < -0.3 is 4.74 Å². The van der Waals surface area contributed by atoms with Crippen molar-refractivity contribution in [2.75, 3.05) is 12.4 Å². The lowest BCUT2D eigenvalue weighted by molar-refractivity contribution is -0.139. The van der Waals surface area contributed by atoms with Crippen molar-refractivity contribution < 1.29 is 14.3 Å². The molecule has 28 heavy (non-hydrogen) atoms. The van der Waals surface area contributed by atoms with Gasteiger partial charge in [0.15, 0.2) is 5.17 Å². The summed E-state index contributed by atoms with van der Waals surface area (Å²) in [5, 5.41) is 0.636. The molecule has 0 aromatic heterocycles. The molecule has 0 radical (unpaired) electrons. The number of nitrogens with zero attached hydrogens (tertiary/aromatic N) is 2. The van der Waals surface area contributed by atoms with Crippen LogP contribution in [0.25, 0.3) is 5.70 Å². The van der Waals surface area contributed by atoms with Crippen LogP contribution < -0.4 is 0 Å². The standard InChI is InChI=1S/C22H20N2O3S/c1-2-27-21(26)18-19(15-9-5-3-6-10-15)23-22-24(17(25)13-14-28-22)20(18)16-11-7-4-8-12-16/h3-12,20H,2,13-14H2,1H3/t20-/m1/s1. The van der Waals surface area contributed by atoms with E-state index in [0.29, 0.717) is 28.6 Å². The number of hydrogen-bond donors (Lipinski definition) is 0. The van der Waals surface area contributed by atoms with Crippen molar-refractivity contribution in [2.45, 2.75) is 19.4 Å². The van der Waals surface area contributed by atoms with Gasteiger partial charge in [-0.3, -0.25) is 9.69 Å². The van der Waals surface area contributed by atoms with Gasteiger partial charge in [-0.25, -0.2) is 9.79 Å². The molecule has 142 valence electrons. The van der Waals surface area contributed by atoms with Crippen LogP contribution in [0.4, 0.5) is 0 Å². The topological polar surface area (TPSA) is 59.0 Å². The Morgan fingerprint density at radius 3 is 2.50 bits per heavy atom. The highest BCUT2D eigenvalue weighted by Gasteiger charge is 2.42. The molecule has 2 aromatic carbocycles. The van der Waals surface area contributed by atoms with Crippen LogP contribution in [0.2, 0.25) is 0 Å². The van der Waals surface area contributed by atoms with Gasteiger partial charge in [0.25, 0.3) is 0 Å². The lowest BCUT2D eigenvalue weighted by atomic mass is 9.92. The third-order valence-corrected chi connectivity index (χ3v) is 5.63. The first-order valence-corrected chi connectivity index (χ1v) is 10.2. The molecule has 1 fully saturated rings. The minimum Gasteiger partial charge on any atom is -0.463 e. The van der Waals surface area contributed by atoms with Crippen LogP contribution in [-0.2, 0) is 14.3 Å². The summed E-state index contributed by atoms with van der Waals surface area (Å²) in [6.45, 7) is 2.03. The molecular weight excluding hydrogens is 372 g/mol. The Labute approximate surface area is 168 Å². The molecule has 0 unspecified atom stereocenters. The van der Waals surface area contributed by atoms with Crippen LogP contribution in [0.5, 0.6) is 0 Å². The number of fused-ring (bicyclic) bond motifs is 1. The monoisotopic (exact) mass is 392 g/mol. The fraction of sp³-hybridized carbons (Fsp3) is 0.227. The Kier molecular flexibility index (Phi) is 5.30. The van der Waals surface area contributed by atoms with Crippen molar-refractivity contribution in [3.63, 3.8) is 0 Å². The molecule has 2 aliphatic heterocycles. The summed E-state index contributed by atoms with van der Waals surface area (Å²) in [5.74, 6) is 0.216. The van der Waals surface area contributed by atoms with Crippen LogP contribution >= 0.6 is 11.8 Å². The van der Waals surface area contributed by atoms with Gasteiger partial charge >= 0.3 is 5.97 Å². The number of hydrogen-bond acceptors (Lipinski definition) is 5. The number of aliphatic imine (C=N–C) groups is 1. The van der Waals surface area contributed by atoms with E-state index >= 15 is 0 Å². The molecule has 0 bridgehead atoms. The fourth-order valence-electron chi connectivity index (χ4n) is 3.47. The highest BCUT2D eigenvalue weighted by atomic mass is 32.2. The number of thioether (sulfide) groups is 1. The maximum Gasteiger partial charge on any atom is 0.338 e. The Morgan fingerprint density at radius 2 is 1.82 bits per heavy atom. The number of carbonyl (C=O) groups is 2. The minimum absolute atomic E-state index is 0.0275. The number of ether oxygens (including phenoxy) is 1. The number of carbonyl (C=O) groups excluding carboxylic acids is 2. The summed E-state index contributed by atoms with van der Waals surface area (Å²) in [7, 11) is 0. The molecule has 2 aromatic rings. The van der Waals surface area contributed by atoms with Gasteiger partial charge in [-0.15, -0.1) is 0 Å². The largest absolute Gasteiger partial charge is 0.463 e. The number of rotatable bonds is 4. The van der Waals surface area contributed by atoms with Gasteiger partial charge in [0, 0.05) is 17.7 Å². The zero-order valence-corrected chi connectivity index (χ0v) is 16.3. The van der Waals surface area contributed by atoms with Gasteiger partial charge in [-0.2, -0.15) is 0 Å². The van der Waals surface area contributed by atoms with E-state index in [1.807, 2.05) is 60.7 Å². The third-order valence-electron chi connectivity index (χ3n) is 4.67. The summed E-state index contributed by atoms with van der Waals surface area (Å²) in [4.78, 5) is 32.3. The lowest BCUT2D eigenvalue weighted by Crippen LogP contribution is -2.45. The number of esters is 1. The SMILES string of the molecule is CCOC(=O)C1=C(c2ccccc2)N=C2SCCC(=O)N2[C@@H]1c1ccccc1. The van der Waals surface area contributed by atoms with Crippen molar-refractivity contribution in [1.82, 2.24) is 4.90 Å². The van der Waals surface area contributed by atoms with E-state index in [-0.39, 0.29) is 12.5 Å². The lowest BCUT2D eigenvalue weighted by Gasteiger charge is -2.39. The van der Waals surface area contributed by atoms with Gasteiger partial charge in [-0.1, -0.05) is 72.4 Å². The minimum atomic E-state index is -0.553. The Morgan fingerprint density at radius 1 is 1.14 bits per heavy atom. The summed E-state index contributed by atoms with van der Waals surface area (Å²) in [6, 6.07) is 18.6. The Bertz CT molecular complexity index is 954. The number of benzene rings is 2. The predicted molar refractivity (Wildman–Crippen MR) is 111 cm³/mol. The third kappa shape index (κ3) is 3.36. The van der Waals surface area contributed by atoms with Gasteiger partial charge in [0.2, 0.25) is 5.91 Å². The molecule has 2 heterocycles. The maximum absolute atomic E-state index is 13.1. The molecule has 0 N–H and O–H groups in total. The van der Waals surface area contributed by atoms with E-state index in [0.717, 1.165) is 11.1 Å². The average molecular weight is 392 g/mol. The molecule has 5 nitrogen and oxygen atoms in total. The normalized spacial score (nSPS) is 19.2. The molecule has 0 aliphatic carbocycles. The van der Waals surface area contributed by atoms with E-state index in [2.05, 4.69) is 0 Å². The van der Waals surface area contributed by atoms with Crippen LogP contribution in [0.1, 0.15) is 30.5 Å². The van der Waals surface area contributed by atoms with Crippen molar-refractivity contribution in [2.24, 2.45) is 4.99 Å². The van der Waals surface area contributed by atoms with Crippen LogP contribution in [0.15, 0.2) is 71.2 Å². The fourth-order valence-corrected chi connectivity index (χ4v) is 4.43. The van der Waals surface area contributed by atoms with E-state index in [4.69, 9.17) is 9.73 Å². The van der Waals surface area contributed by atoms with Crippen molar-refractivity contribution in [3.05, 3.63) is 77.4 Å². The maximum atomic E-state index is 13.1. The van der Waals surface area contributed by atoms with Crippen LogP contribution in [-0.4, -0.2) is 34.3 Å². The van der Waals surface area contributed by atoms with Gasteiger partial charge in [0.05, 0.1) is 23.9 Å². The molecule has 1 saturated heterocycles. The second-order valence-corrected chi connectivity index (χ2v) is 7.48. The van der Waals surface area contributed by atoms with Crippen molar-refractivity contribution in [1.29, 1.82) is 0 Å². The Hall–Kier alpha value is -2.86. The zero-order valence-electron chi connectivity index (χ0n) is 15.5. The number of amides is 1. The molecule has 4 rings (SSSR count). The van der Waals surface area contributed by atoms with Crippen molar-refractivity contribution >= 4 is 34.5 Å². The predicted octanol–water partition coefficient (Wildman–Crippen LogP) is 4.04. The quantitative estimate of drug-likeness (QED) is 0.737. The first-order chi connectivity index (χ1) is 13.7. The molecule has 0 spiro atoms. The summed E-state index contributed by atoms with van der Waals surface area (Å²) in [6.07, 6.45) is 0.420. The highest BCUT2D eigenvalue weighted by molar-refractivity contribution is 8.14. The average Bonchev–Trinajstić information content (AvgIpc) is 2.74. The van der Waals surface area contributed by atoms with Gasteiger partial charge in [-0.05, 0) is 12.5 Å². The number of amidine groups is 1. The summed E-state index contributed by atoms with van der Waals surface area (Å²) < 4.78 is 5.39. The summed E-state index contributed by atoms with van der Waals surface area (Å²) >= 11 is 1.54. The molecule has 6 heteroatoms. The van der Waals surface area contributed by atoms with Gasteiger partial charge in [0.1, 0.15) is 0 Å². The van der Waals surface area contributed by atoms with E-state index in [1.165, 1.54) is 0 Å². The van der Waals surface area contributed by atoms with Crippen LogP contribution in [0, 0.1) is 0 Å². The second kappa shape index (κ2) is 8.02. The molecular formula is C22H20N2O3S. The second-order valence-electron chi connectivity index (χ2n) is 6.42. The smallest absolute Gasteiger partial charge is 0.338 e. The first kappa shape index (κ1) is 18.5. The molecule has 1 atom stereocenters. The van der Waals surface area contributed by atoms with E-state index < -0.39 is 12.0 Å². The van der Waals surface area contributed by atoms with Crippen molar-refractivity contribution in [3.8, 4) is 0 Å². The van der Waals surface area contributed by atoms with E-state index in [9.17, 15) is 9.59 Å². The first-order valence-electron chi connectivity index (χ1n) is 9.26. The molecule has 0 saturated carbocycles. The van der Waals surface area contributed by atoms with Crippen LogP contribution in [0.3, 0.4) is 0 Å². The molecule has 2 aliphatic rings.